The molecular weight excluding hydrogens is 272 g/mol. The summed E-state index contributed by atoms with van der Waals surface area (Å²) in [7, 11) is 0. The molecule has 0 atom stereocenters. The Hall–Kier alpha value is -1.10. The molecule has 0 rings (SSSR count). The van der Waals surface area contributed by atoms with Gasteiger partial charge in [0.1, 0.15) is 13.2 Å². The highest BCUT2D eigenvalue weighted by molar-refractivity contribution is 5.73. The fraction of sp³-hybridized carbons (Fsp3) is 0.875. The van der Waals surface area contributed by atoms with Gasteiger partial charge in [0, 0.05) is 0 Å². The van der Waals surface area contributed by atoms with Gasteiger partial charge in [0.25, 0.3) is 0 Å². The SMILES string of the molecule is CCCCCCCCOC(=O)COCC(=O)OCCCC. The van der Waals surface area contributed by atoms with Crippen LogP contribution in [0.15, 0.2) is 0 Å². The number of hydrogen-bond donors (Lipinski definition) is 0. The van der Waals surface area contributed by atoms with Crippen LogP contribution in [0.3, 0.4) is 0 Å². The molecule has 0 aliphatic rings. The van der Waals surface area contributed by atoms with Crippen LogP contribution in [0.2, 0.25) is 0 Å². The van der Waals surface area contributed by atoms with Crippen LogP contribution in [0.4, 0.5) is 0 Å². The molecule has 124 valence electrons. The van der Waals surface area contributed by atoms with Crippen molar-refractivity contribution in [1.29, 1.82) is 0 Å². The number of hydrogen-bond acceptors (Lipinski definition) is 5. The van der Waals surface area contributed by atoms with Gasteiger partial charge in [-0.3, -0.25) is 0 Å². The van der Waals surface area contributed by atoms with Gasteiger partial charge in [0.15, 0.2) is 0 Å². The summed E-state index contributed by atoms with van der Waals surface area (Å²) in [6.45, 7) is 4.64. The van der Waals surface area contributed by atoms with E-state index in [1.165, 1.54) is 25.7 Å². The minimum Gasteiger partial charge on any atom is -0.464 e. The summed E-state index contributed by atoms with van der Waals surface area (Å²) in [5.41, 5.74) is 0. The predicted molar refractivity (Wildman–Crippen MR) is 81.0 cm³/mol. The Balaban J connectivity index is 3.32. The molecule has 0 aliphatic carbocycles. The molecule has 0 aromatic rings. The maximum absolute atomic E-state index is 11.3. The van der Waals surface area contributed by atoms with Crippen LogP contribution < -0.4 is 0 Å². The highest BCUT2D eigenvalue weighted by atomic mass is 16.6. The third-order valence-corrected chi connectivity index (χ3v) is 2.96. The number of carbonyl (C=O) groups is 2. The van der Waals surface area contributed by atoms with Crippen molar-refractivity contribution in [1.82, 2.24) is 0 Å². The lowest BCUT2D eigenvalue weighted by molar-refractivity contribution is -0.155. The van der Waals surface area contributed by atoms with E-state index in [0.29, 0.717) is 13.2 Å². The fourth-order valence-electron chi connectivity index (χ4n) is 1.70. The Labute approximate surface area is 128 Å². The van der Waals surface area contributed by atoms with Crippen molar-refractivity contribution < 1.29 is 23.8 Å². The second kappa shape index (κ2) is 15.3. The van der Waals surface area contributed by atoms with E-state index in [1.54, 1.807) is 0 Å². The normalized spacial score (nSPS) is 10.4. The summed E-state index contributed by atoms with van der Waals surface area (Å²) < 4.78 is 14.9. The van der Waals surface area contributed by atoms with Gasteiger partial charge in [-0.15, -0.1) is 0 Å². The first-order chi connectivity index (χ1) is 10.2. The summed E-state index contributed by atoms with van der Waals surface area (Å²) in [5.74, 6) is -0.864. The standard InChI is InChI=1S/C16H30O5/c1-3-5-7-8-9-10-12-21-16(18)14-19-13-15(17)20-11-6-4-2/h3-14H2,1-2H3. The summed E-state index contributed by atoms with van der Waals surface area (Å²) >= 11 is 0. The van der Waals surface area contributed by atoms with E-state index in [2.05, 4.69) is 6.92 Å². The van der Waals surface area contributed by atoms with Crippen LogP contribution in [0.1, 0.15) is 65.2 Å². The van der Waals surface area contributed by atoms with Crippen LogP contribution in [0, 0.1) is 0 Å². The molecule has 0 fully saturated rings. The predicted octanol–water partition coefficient (Wildman–Crippen LogP) is 3.25. The van der Waals surface area contributed by atoms with E-state index in [9.17, 15) is 9.59 Å². The van der Waals surface area contributed by atoms with Gasteiger partial charge in [-0.05, 0) is 12.8 Å². The molecule has 0 heterocycles. The summed E-state index contributed by atoms with van der Waals surface area (Å²) in [6.07, 6.45) is 8.70. The minimum absolute atomic E-state index is 0.196. The molecule has 0 unspecified atom stereocenters. The minimum atomic E-state index is -0.438. The zero-order chi connectivity index (χ0) is 15.8. The van der Waals surface area contributed by atoms with Gasteiger partial charge in [-0.25, -0.2) is 9.59 Å². The lowest BCUT2D eigenvalue weighted by Crippen LogP contribution is -2.19. The molecule has 0 bridgehead atoms. The summed E-state index contributed by atoms with van der Waals surface area (Å²) in [5, 5.41) is 0. The van der Waals surface area contributed by atoms with Crippen LogP contribution in [-0.4, -0.2) is 38.4 Å². The van der Waals surface area contributed by atoms with Crippen molar-refractivity contribution in [2.45, 2.75) is 65.2 Å². The third kappa shape index (κ3) is 15.1. The molecule has 0 saturated heterocycles. The van der Waals surface area contributed by atoms with Crippen LogP contribution in [0.5, 0.6) is 0 Å². The van der Waals surface area contributed by atoms with E-state index in [4.69, 9.17) is 14.2 Å². The largest absolute Gasteiger partial charge is 0.464 e. The maximum atomic E-state index is 11.3. The zero-order valence-electron chi connectivity index (χ0n) is 13.5. The van der Waals surface area contributed by atoms with E-state index < -0.39 is 11.9 Å². The average molecular weight is 302 g/mol. The highest BCUT2D eigenvalue weighted by Gasteiger charge is 2.07. The number of ether oxygens (including phenoxy) is 3. The van der Waals surface area contributed by atoms with Crippen LogP contribution in [0.25, 0.3) is 0 Å². The number of unbranched alkanes of at least 4 members (excludes halogenated alkanes) is 6. The van der Waals surface area contributed by atoms with Gasteiger partial charge < -0.3 is 14.2 Å². The monoisotopic (exact) mass is 302 g/mol. The molecule has 0 aromatic heterocycles. The summed E-state index contributed by atoms with van der Waals surface area (Å²) in [4.78, 5) is 22.5. The van der Waals surface area contributed by atoms with Crippen molar-refractivity contribution in [2.75, 3.05) is 26.4 Å². The Morgan fingerprint density at radius 3 is 1.71 bits per heavy atom. The number of rotatable bonds is 14. The zero-order valence-corrected chi connectivity index (χ0v) is 13.5. The second-order valence-electron chi connectivity index (χ2n) is 5.06. The molecule has 0 saturated carbocycles. The van der Waals surface area contributed by atoms with Crippen molar-refractivity contribution in [3.05, 3.63) is 0 Å². The number of esters is 2. The Morgan fingerprint density at radius 2 is 1.14 bits per heavy atom. The molecule has 0 amide bonds. The first-order valence-corrected chi connectivity index (χ1v) is 8.09. The van der Waals surface area contributed by atoms with Crippen molar-refractivity contribution in [3.8, 4) is 0 Å². The van der Waals surface area contributed by atoms with Crippen LogP contribution in [-0.2, 0) is 23.8 Å². The maximum Gasteiger partial charge on any atom is 0.332 e. The second-order valence-corrected chi connectivity index (χ2v) is 5.06. The number of carbonyl (C=O) groups excluding carboxylic acids is 2. The first-order valence-electron chi connectivity index (χ1n) is 8.09. The van der Waals surface area contributed by atoms with E-state index in [0.717, 1.165) is 25.7 Å². The van der Waals surface area contributed by atoms with E-state index >= 15 is 0 Å². The quantitative estimate of drug-likeness (QED) is 0.364. The average Bonchev–Trinajstić information content (AvgIpc) is 2.46. The molecule has 21 heavy (non-hydrogen) atoms. The molecule has 5 heteroatoms. The van der Waals surface area contributed by atoms with Crippen molar-refractivity contribution >= 4 is 11.9 Å². The van der Waals surface area contributed by atoms with E-state index in [-0.39, 0.29) is 13.2 Å². The molecule has 0 radical (unpaired) electrons. The van der Waals surface area contributed by atoms with Gasteiger partial charge in [0.05, 0.1) is 13.2 Å². The molecule has 5 nitrogen and oxygen atoms in total. The molecule has 0 aliphatic heterocycles. The Morgan fingerprint density at radius 1 is 0.667 bits per heavy atom. The molecule has 0 spiro atoms. The fourth-order valence-corrected chi connectivity index (χ4v) is 1.70. The van der Waals surface area contributed by atoms with Crippen molar-refractivity contribution in [2.24, 2.45) is 0 Å². The summed E-state index contributed by atoms with van der Waals surface area (Å²) in [6, 6.07) is 0. The molecule has 0 N–H and O–H groups in total. The van der Waals surface area contributed by atoms with Gasteiger partial charge in [-0.1, -0.05) is 52.4 Å². The topological polar surface area (TPSA) is 61.8 Å². The van der Waals surface area contributed by atoms with Gasteiger partial charge in [-0.2, -0.15) is 0 Å². The van der Waals surface area contributed by atoms with Crippen molar-refractivity contribution in [3.63, 3.8) is 0 Å². The highest BCUT2D eigenvalue weighted by Crippen LogP contribution is 2.04. The first kappa shape index (κ1) is 19.9. The lowest BCUT2D eigenvalue weighted by Gasteiger charge is -2.06. The molecule has 0 aromatic carbocycles. The van der Waals surface area contributed by atoms with Gasteiger partial charge >= 0.3 is 11.9 Å². The van der Waals surface area contributed by atoms with Crippen LogP contribution >= 0.6 is 0 Å². The third-order valence-electron chi connectivity index (χ3n) is 2.96. The lowest BCUT2D eigenvalue weighted by atomic mass is 10.1. The Kier molecular flexibility index (Phi) is 14.5. The smallest absolute Gasteiger partial charge is 0.332 e. The van der Waals surface area contributed by atoms with E-state index in [1.807, 2.05) is 6.92 Å². The van der Waals surface area contributed by atoms with Gasteiger partial charge in [0.2, 0.25) is 0 Å². The molecular formula is C16H30O5. The Bertz CT molecular complexity index is 265.